The van der Waals surface area contributed by atoms with Gasteiger partial charge in [-0.1, -0.05) is 74.5 Å². The van der Waals surface area contributed by atoms with Crippen LogP contribution in [0.25, 0.3) is 0 Å². The fourth-order valence-electron chi connectivity index (χ4n) is 5.54. The third-order valence-electron chi connectivity index (χ3n) is 7.66. The van der Waals surface area contributed by atoms with E-state index >= 15 is 0 Å². The maximum Gasteiger partial charge on any atom is 0.0812 e. The second-order valence-electron chi connectivity index (χ2n) is 11.3. The van der Waals surface area contributed by atoms with Gasteiger partial charge in [0.05, 0.1) is 35.2 Å². The van der Waals surface area contributed by atoms with Gasteiger partial charge >= 0.3 is 0 Å². The Bertz CT molecular complexity index is 1570. The van der Waals surface area contributed by atoms with Crippen LogP contribution in [0.2, 0.25) is 0 Å². The molecular weight excluding hydrogens is 512 g/mol. The summed E-state index contributed by atoms with van der Waals surface area (Å²) in [6, 6.07) is 30.0. The van der Waals surface area contributed by atoms with E-state index in [1.165, 1.54) is 22.3 Å². The smallest absolute Gasteiger partial charge is 0.0812 e. The van der Waals surface area contributed by atoms with Crippen molar-refractivity contribution in [3.05, 3.63) is 153 Å². The lowest BCUT2D eigenvalue weighted by molar-refractivity contribution is 0.862. The zero-order chi connectivity index (χ0) is 29.6. The Morgan fingerprint density at radius 2 is 0.929 bits per heavy atom. The van der Waals surface area contributed by atoms with Crippen LogP contribution in [0.15, 0.2) is 107 Å². The van der Waals surface area contributed by atoms with Crippen LogP contribution in [0.4, 0.5) is 11.4 Å². The SMILES string of the molecule is Cc1cc(C(c2ccc(C(C)C)cc2)c2cc(C)c(N=Cc3ccccn3)c(C)c2)cc(C)c1N=Cc1ccccn1. The van der Waals surface area contributed by atoms with Gasteiger partial charge in [-0.3, -0.25) is 20.0 Å². The number of nitrogens with zero attached hydrogens (tertiary/aromatic N) is 4. The maximum atomic E-state index is 4.83. The standard InChI is InChI=1S/C38H38N4/c1-25(2)30-13-15-31(16-14-30)36(32-19-26(3)37(27(4)20-32)41-23-34-11-7-9-17-39-34)33-21-28(5)38(29(6)22-33)42-24-35-12-8-10-18-40-35/h7-25,36H,1-6H3. The van der Waals surface area contributed by atoms with E-state index in [4.69, 9.17) is 9.98 Å². The summed E-state index contributed by atoms with van der Waals surface area (Å²) in [5.74, 6) is 0.558. The van der Waals surface area contributed by atoms with Crippen LogP contribution >= 0.6 is 0 Å². The number of aromatic nitrogens is 2. The first-order valence-electron chi connectivity index (χ1n) is 14.5. The van der Waals surface area contributed by atoms with Crippen molar-refractivity contribution < 1.29 is 0 Å². The molecule has 3 aromatic carbocycles. The highest BCUT2D eigenvalue weighted by Crippen LogP contribution is 2.39. The van der Waals surface area contributed by atoms with E-state index in [1.54, 1.807) is 12.4 Å². The molecule has 0 amide bonds. The third kappa shape index (κ3) is 6.60. The zero-order valence-corrected chi connectivity index (χ0v) is 25.3. The van der Waals surface area contributed by atoms with Gasteiger partial charge in [-0.2, -0.15) is 0 Å². The van der Waals surface area contributed by atoms with E-state index in [-0.39, 0.29) is 5.92 Å². The first-order valence-corrected chi connectivity index (χ1v) is 14.5. The minimum absolute atomic E-state index is 0.0728. The molecule has 5 rings (SSSR count). The predicted molar refractivity (Wildman–Crippen MR) is 176 cm³/mol. The minimum atomic E-state index is 0.0728. The van der Waals surface area contributed by atoms with Crippen LogP contribution in [0.3, 0.4) is 0 Å². The molecule has 0 aliphatic rings. The molecule has 0 saturated carbocycles. The molecule has 0 unspecified atom stereocenters. The molecule has 0 bridgehead atoms. The Kier molecular flexibility index (Phi) is 8.83. The van der Waals surface area contributed by atoms with Crippen LogP contribution in [0.5, 0.6) is 0 Å². The van der Waals surface area contributed by atoms with Gasteiger partial charge in [0, 0.05) is 18.3 Å². The molecule has 0 N–H and O–H groups in total. The van der Waals surface area contributed by atoms with Crippen molar-refractivity contribution in [3.8, 4) is 0 Å². The normalized spacial score (nSPS) is 12.5. The molecule has 0 aliphatic heterocycles. The van der Waals surface area contributed by atoms with E-state index in [0.29, 0.717) is 5.92 Å². The van der Waals surface area contributed by atoms with Gasteiger partial charge in [-0.15, -0.1) is 0 Å². The van der Waals surface area contributed by atoms with Gasteiger partial charge in [-0.25, -0.2) is 0 Å². The van der Waals surface area contributed by atoms with E-state index in [0.717, 1.165) is 45.0 Å². The van der Waals surface area contributed by atoms with Crippen LogP contribution in [-0.4, -0.2) is 22.4 Å². The number of benzene rings is 3. The second kappa shape index (κ2) is 12.9. The molecule has 0 aliphatic carbocycles. The van der Waals surface area contributed by atoms with E-state index in [2.05, 4.69) is 100 Å². The molecule has 0 spiro atoms. The summed E-state index contributed by atoms with van der Waals surface area (Å²) >= 11 is 0. The average Bonchev–Trinajstić information content (AvgIpc) is 2.98. The molecule has 5 aromatic rings. The number of hydrogen-bond acceptors (Lipinski definition) is 4. The Labute approximate surface area is 250 Å². The number of hydrogen-bond donors (Lipinski definition) is 0. The summed E-state index contributed by atoms with van der Waals surface area (Å²) < 4.78 is 0. The highest BCUT2D eigenvalue weighted by molar-refractivity contribution is 5.81. The van der Waals surface area contributed by atoms with Crippen molar-refractivity contribution in [1.82, 2.24) is 9.97 Å². The Balaban J connectivity index is 1.58. The molecule has 2 heterocycles. The second-order valence-corrected chi connectivity index (χ2v) is 11.3. The molecule has 0 radical (unpaired) electrons. The quantitative estimate of drug-likeness (QED) is 0.143. The molecule has 0 atom stereocenters. The maximum absolute atomic E-state index is 4.83. The van der Waals surface area contributed by atoms with E-state index in [9.17, 15) is 0 Å². The minimum Gasteiger partial charge on any atom is -0.255 e. The number of aryl methyl sites for hydroxylation is 4. The lowest BCUT2D eigenvalue weighted by Crippen LogP contribution is -2.06. The van der Waals surface area contributed by atoms with Crippen LogP contribution < -0.4 is 0 Å². The fourth-order valence-corrected chi connectivity index (χ4v) is 5.54. The van der Waals surface area contributed by atoms with E-state index < -0.39 is 0 Å². The van der Waals surface area contributed by atoms with Gasteiger partial charge in [0.2, 0.25) is 0 Å². The van der Waals surface area contributed by atoms with Gasteiger partial charge in [0.15, 0.2) is 0 Å². The highest BCUT2D eigenvalue weighted by Gasteiger charge is 2.21. The van der Waals surface area contributed by atoms with Gasteiger partial charge in [-0.05, 0) is 102 Å². The summed E-state index contributed by atoms with van der Waals surface area (Å²) in [4.78, 5) is 18.4. The summed E-state index contributed by atoms with van der Waals surface area (Å²) in [5, 5.41) is 0. The van der Waals surface area contributed by atoms with Gasteiger partial charge in [0.1, 0.15) is 0 Å². The van der Waals surface area contributed by atoms with Crippen LogP contribution in [0.1, 0.15) is 81.6 Å². The van der Waals surface area contributed by atoms with Gasteiger partial charge < -0.3 is 0 Å². The Morgan fingerprint density at radius 1 is 0.524 bits per heavy atom. The predicted octanol–water partition coefficient (Wildman–Crippen LogP) is 9.52. The van der Waals surface area contributed by atoms with Crippen molar-refractivity contribution in [1.29, 1.82) is 0 Å². The lowest BCUT2D eigenvalue weighted by atomic mass is 9.81. The molecule has 2 aromatic heterocycles. The largest absolute Gasteiger partial charge is 0.255 e. The first-order chi connectivity index (χ1) is 20.3. The van der Waals surface area contributed by atoms with Gasteiger partial charge in [0.25, 0.3) is 0 Å². The summed E-state index contributed by atoms with van der Waals surface area (Å²) in [6.07, 6.45) is 7.26. The van der Waals surface area contributed by atoms with Crippen molar-refractivity contribution in [2.45, 2.75) is 53.4 Å². The third-order valence-corrected chi connectivity index (χ3v) is 7.66. The molecular formula is C38H38N4. The van der Waals surface area contributed by atoms with Crippen molar-refractivity contribution in [3.63, 3.8) is 0 Å². The monoisotopic (exact) mass is 550 g/mol. The number of aliphatic imine (C=N–C) groups is 2. The molecule has 0 saturated heterocycles. The molecule has 4 nitrogen and oxygen atoms in total. The van der Waals surface area contributed by atoms with Crippen molar-refractivity contribution in [2.75, 3.05) is 0 Å². The van der Waals surface area contributed by atoms with Crippen LogP contribution in [0, 0.1) is 27.7 Å². The average molecular weight is 551 g/mol. The summed E-state index contributed by atoms with van der Waals surface area (Å²) in [6.45, 7) is 13.1. The van der Waals surface area contributed by atoms with Crippen LogP contribution in [-0.2, 0) is 0 Å². The molecule has 4 heteroatoms. The Morgan fingerprint density at radius 3 is 1.29 bits per heavy atom. The molecule has 0 fully saturated rings. The summed E-state index contributed by atoms with van der Waals surface area (Å²) in [5.41, 5.74) is 13.4. The number of rotatable bonds is 8. The zero-order valence-electron chi connectivity index (χ0n) is 25.3. The van der Waals surface area contributed by atoms with Crippen molar-refractivity contribution >= 4 is 23.8 Å². The first kappa shape index (κ1) is 28.8. The number of pyridine rings is 2. The highest BCUT2D eigenvalue weighted by atomic mass is 14.8. The summed E-state index contributed by atoms with van der Waals surface area (Å²) in [7, 11) is 0. The fraction of sp³-hybridized carbons (Fsp3) is 0.211. The van der Waals surface area contributed by atoms with Crippen molar-refractivity contribution in [2.24, 2.45) is 9.98 Å². The Hall–Kier alpha value is -4.70. The van der Waals surface area contributed by atoms with E-state index in [1.807, 2.05) is 48.8 Å². The lowest BCUT2D eigenvalue weighted by Gasteiger charge is -2.23. The molecule has 210 valence electrons. The topological polar surface area (TPSA) is 50.5 Å². The molecule has 42 heavy (non-hydrogen) atoms.